The van der Waals surface area contributed by atoms with Crippen molar-refractivity contribution in [2.24, 2.45) is 0 Å². The van der Waals surface area contributed by atoms with Gasteiger partial charge in [-0.3, -0.25) is 9.59 Å². The van der Waals surface area contributed by atoms with E-state index in [2.05, 4.69) is 67.9 Å². The highest BCUT2D eigenvalue weighted by Gasteiger charge is 2.22. The molecule has 0 saturated heterocycles. The van der Waals surface area contributed by atoms with Crippen LogP contribution in [0.4, 0.5) is 21.0 Å². The maximum absolute atomic E-state index is 12.3. The molecule has 0 saturated carbocycles. The molecular weight excluding hydrogens is 536 g/mol. The number of para-hydroxylation sites is 1. The van der Waals surface area contributed by atoms with E-state index in [9.17, 15) is 19.2 Å². The number of aromatic nitrogens is 8. The lowest BCUT2D eigenvalue weighted by atomic mass is 10.3. The van der Waals surface area contributed by atoms with Gasteiger partial charge in [0.25, 0.3) is 0 Å². The van der Waals surface area contributed by atoms with Crippen LogP contribution in [0.5, 0.6) is 0 Å². The number of benzene rings is 2. The fraction of sp³-hybridized carbons (Fsp3) is 0.217. The first kappa shape index (κ1) is 28.1. The van der Waals surface area contributed by atoms with Crippen LogP contribution in [-0.2, 0) is 16.1 Å². The van der Waals surface area contributed by atoms with Crippen molar-refractivity contribution in [2.75, 3.05) is 23.7 Å². The normalized spacial score (nSPS) is 11.1. The van der Waals surface area contributed by atoms with Crippen LogP contribution in [0.3, 0.4) is 0 Å². The summed E-state index contributed by atoms with van der Waals surface area (Å²) in [6, 6.07) is 13.9. The quantitative estimate of drug-likeness (QED) is 0.105. The average Bonchev–Trinajstić information content (AvgIpc) is 3.68. The predicted octanol–water partition coefficient (Wildman–Crippen LogP) is -0.969. The Morgan fingerprint density at radius 1 is 0.854 bits per heavy atom. The summed E-state index contributed by atoms with van der Waals surface area (Å²) in [5, 5.41) is 39.7. The summed E-state index contributed by atoms with van der Waals surface area (Å²) < 4.78 is 0. The molecule has 0 fully saturated rings. The third-order valence-electron chi connectivity index (χ3n) is 5.26. The van der Waals surface area contributed by atoms with Crippen LogP contribution in [0.2, 0.25) is 0 Å². The summed E-state index contributed by atoms with van der Waals surface area (Å²) in [6.45, 7) is 1.25. The Hall–Kier alpha value is -5.94. The van der Waals surface area contributed by atoms with Crippen molar-refractivity contribution in [3.05, 3.63) is 66.2 Å². The summed E-state index contributed by atoms with van der Waals surface area (Å²) >= 11 is 0. The van der Waals surface area contributed by atoms with Crippen molar-refractivity contribution in [1.29, 1.82) is 0 Å². The molecule has 212 valence electrons. The molecule has 18 heteroatoms. The van der Waals surface area contributed by atoms with E-state index in [-0.39, 0.29) is 25.5 Å². The van der Waals surface area contributed by atoms with Crippen molar-refractivity contribution in [1.82, 2.24) is 57.3 Å². The van der Waals surface area contributed by atoms with E-state index < -0.39 is 29.9 Å². The number of carbonyl (C=O) groups is 4. The first-order chi connectivity index (χ1) is 19.9. The molecule has 0 spiro atoms. The largest absolute Gasteiger partial charge is 0.347 e. The van der Waals surface area contributed by atoms with E-state index in [1.165, 1.54) is 4.80 Å². The van der Waals surface area contributed by atoms with Crippen LogP contribution in [0.25, 0.3) is 5.69 Å². The summed E-state index contributed by atoms with van der Waals surface area (Å²) in [7, 11) is 0. The zero-order chi connectivity index (χ0) is 29.0. The van der Waals surface area contributed by atoms with Crippen molar-refractivity contribution >= 4 is 35.3 Å². The molecule has 4 aromatic rings. The van der Waals surface area contributed by atoms with E-state index >= 15 is 0 Å². The lowest BCUT2D eigenvalue weighted by molar-refractivity contribution is -0.717. The predicted molar refractivity (Wildman–Crippen MR) is 141 cm³/mol. The van der Waals surface area contributed by atoms with Gasteiger partial charge < -0.3 is 31.9 Å². The molecule has 2 aromatic carbocycles. The number of tetrazole rings is 2. The first-order valence-electron chi connectivity index (χ1n) is 12.2. The van der Waals surface area contributed by atoms with Crippen molar-refractivity contribution in [3.63, 3.8) is 0 Å². The maximum Gasteiger partial charge on any atom is 0.330 e. The fourth-order valence-electron chi connectivity index (χ4n) is 3.31. The second-order valence-corrected chi connectivity index (χ2v) is 8.41. The highest BCUT2D eigenvalue weighted by atomic mass is 16.2. The van der Waals surface area contributed by atoms with Crippen LogP contribution in [0.15, 0.2) is 54.6 Å². The number of hydrogen-bond donors (Lipinski definition) is 8. The fourth-order valence-corrected chi connectivity index (χ4v) is 3.31. The Labute approximate surface area is 232 Å². The SMILES string of the molecule is CC(NC(=O)CNC(=O)Nc1ccccc1)c1n[nH][n+](-c2cccc(NC(=O)NCC(=O)NCc3nn[nH]n3)c2)n1. The summed E-state index contributed by atoms with van der Waals surface area (Å²) in [6.07, 6.45) is 0. The van der Waals surface area contributed by atoms with Gasteiger partial charge in [0, 0.05) is 17.4 Å². The van der Waals surface area contributed by atoms with Crippen molar-refractivity contribution < 1.29 is 24.0 Å². The molecule has 0 aliphatic carbocycles. The molecule has 41 heavy (non-hydrogen) atoms. The summed E-state index contributed by atoms with van der Waals surface area (Å²) in [5.41, 5.74) is 1.57. The minimum atomic E-state index is -0.595. The Bertz CT molecular complexity index is 1470. The highest BCUT2D eigenvalue weighted by Crippen LogP contribution is 2.10. The Balaban J connectivity index is 1.22. The minimum Gasteiger partial charge on any atom is -0.347 e. The number of anilines is 2. The molecular formula is C23H27N14O4+. The van der Waals surface area contributed by atoms with Gasteiger partial charge in [0.1, 0.15) is 6.04 Å². The number of nitrogens with zero attached hydrogens (tertiary/aromatic N) is 6. The van der Waals surface area contributed by atoms with Crippen LogP contribution >= 0.6 is 0 Å². The minimum absolute atomic E-state index is 0.0716. The summed E-state index contributed by atoms with van der Waals surface area (Å²) in [4.78, 5) is 49.7. The molecule has 1 atom stereocenters. The molecule has 0 bridgehead atoms. The average molecular weight is 564 g/mol. The van der Waals surface area contributed by atoms with E-state index in [0.717, 1.165) is 0 Å². The third-order valence-corrected chi connectivity index (χ3v) is 5.26. The number of nitrogens with one attached hydrogen (secondary N) is 8. The summed E-state index contributed by atoms with van der Waals surface area (Å²) in [5.74, 6) is -0.270. The Morgan fingerprint density at radius 3 is 2.29 bits per heavy atom. The van der Waals surface area contributed by atoms with E-state index in [4.69, 9.17) is 0 Å². The van der Waals surface area contributed by atoms with Gasteiger partial charge in [0.2, 0.25) is 11.8 Å². The molecule has 8 N–H and O–H groups in total. The van der Waals surface area contributed by atoms with Gasteiger partial charge >= 0.3 is 17.9 Å². The monoisotopic (exact) mass is 563 g/mol. The van der Waals surface area contributed by atoms with Gasteiger partial charge in [0.15, 0.2) is 11.5 Å². The van der Waals surface area contributed by atoms with E-state index in [1.807, 2.05) is 6.07 Å². The van der Waals surface area contributed by atoms with Gasteiger partial charge in [-0.05, 0) is 46.3 Å². The third kappa shape index (κ3) is 8.80. The van der Waals surface area contributed by atoms with Crippen LogP contribution < -0.4 is 36.7 Å². The van der Waals surface area contributed by atoms with E-state index in [1.54, 1.807) is 55.5 Å². The van der Waals surface area contributed by atoms with Gasteiger partial charge in [0.05, 0.1) is 24.7 Å². The van der Waals surface area contributed by atoms with Gasteiger partial charge in [-0.2, -0.15) is 5.21 Å². The molecule has 0 aliphatic heterocycles. The van der Waals surface area contributed by atoms with Crippen LogP contribution in [0, 0.1) is 0 Å². The van der Waals surface area contributed by atoms with Crippen LogP contribution in [-0.4, -0.2) is 73.0 Å². The highest BCUT2D eigenvalue weighted by molar-refractivity contribution is 5.93. The topological polar surface area (TPSA) is 240 Å². The number of H-pyrrole nitrogens is 2. The molecule has 18 nitrogen and oxygen atoms in total. The lowest BCUT2D eigenvalue weighted by Gasteiger charge is -2.10. The first-order valence-corrected chi connectivity index (χ1v) is 12.2. The number of rotatable bonds is 11. The zero-order valence-electron chi connectivity index (χ0n) is 21.7. The van der Waals surface area contributed by atoms with Crippen molar-refractivity contribution in [2.45, 2.75) is 19.5 Å². The van der Waals surface area contributed by atoms with Gasteiger partial charge in [-0.25, -0.2) is 9.59 Å². The molecule has 6 amide bonds. The Morgan fingerprint density at radius 2 is 1.56 bits per heavy atom. The second-order valence-electron chi connectivity index (χ2n) is 8.41. The number of carbonyl (C=O) groups excluding carboxylic acids is 4. The van der Waals surface area contributed by atoms with Crippen molar-refractivity contribution in [3.8, 4) is 5.69 Å². The maximum atomic E-state index is 12.3. The standard InChI is InChI=1S/C23H26N14O4/c1-14(27-20(39)13-26-22(40)28-15-6-3-2-4-7-15)21-32-36-37(33-21)17-9-5-8-16(10-17)29-23(41)25-12-19(38)24-11-18-30-34-35-31-18/h2-10,14H,11-13H2,1H3,(H7,24,25,26,27,28,29,30,31,34,35,38,39,40,41)/p+1. The number of amides is 6. The van der Waals surface area contributed by atoms with E-state index in [0.29, 0.717) is 22.9 Å². The molecule has 2 heterocycles. The van der Waals surface area contributed by atoms with Gasteiger partial charge in [-0.1, -0.05) is 29.5 Å². The molecule has 2 aromatic heterocycles. The molecule has 4 rings (SSSR count). The molecule has 0 radical (unpaired) electrons. The smallest absolute Gasteiger partial charge is 0.330 e. The number of aromatic amines is 2. The Kier molecular flexibility index (Phi) is 9.41. The molecule has 1 unspecified atom stereocenters. The second kappa shape index (κ2) is 13.7. The number of hydrogen-bond acceptors (Lipinski definition) is 9. The number of urea groups is 2. The van der Waals surface area contributed by atoms with Gasteiger partial charge in [-0.15, -0.1) is 10.2 Å². The molecule has 0 aliphatic rings. The zero-order valence-corrected chi connectivity index (χ0v) is 21.7. The lowest BCUT2D eigenvalue weighted by Crippen LogP contribution is -2.40. The van der Waals surface area contributed by atoms with Crippen LogP contribution in [0.1, 0.15) is 24.6 Å².